The SMILES string of the molecule is C[C@H]1Oc2ccc(NC(=O)c3cc(-c4ccc5c(c4)OCCO5)on3)cc2NC1=O. The molecule has 2 N–H and O–H groups in total. The summed E-state index contributed by atoms with van der Waals surface area (Å²) < 4.78 is 21.9. The number of amides is 2. The van der Waals surface area contributed by atoms with E-state index < -0.39 is 12.0 Å². The Morgan fingerprint density at radius 1 is 1.07 bits per heavy atom. The number of carbonyl (C=O) groups is 2. The third-order valence-corrected chi connectivity index (χ3v) is 4.74. The second-order valence-electron chi connectivity index (χ2n) is 6.85. The second-order valence-corrected chi connectivity index (χ2v) is 6.85. The number of benzene rings is 2. The van der Waals surface area contributed by atoms with Crippen LogP contribution in [0, 0.1) is 0 Å². The van der Waals surface area contributed by atoms with Crippen LogP contribution in [0.4, 0.5) is 11.4 Å². The van der Waals surface area contributed by atoms with Gasteiger partial charge in [-0.2, -0.15) is 0 Å². The molecule has 0 fully saturated rings. The van der Waals surface area contributed by atoms with Gasteiger partial charge in [-0.15, -0.1) is 0 Å². The number of ether oxygens (including phenoxy) is 3. The molecule has 2 aromatic carbocycles. The fourth-order valence-corrected chi connectivity index (χ4v) is 3.20. The van der Waals surface area contributed by atoms with E-state index in [1.54, 1.807) is 43.3 Å². The number of rotatable bonds is 3. The summed E-state index contributed by atoms with van der Waals surface area (Å²) in [5.41, 5.74) is 1.81. The van der Waals surface area contributed by atoms with E-state index in [1.807, 2.05) is 6.07 Å². The highest BCUT2D eigenvalue weighted by Gasteiger charge is 2.24. The molecule has 3 heterocycles. The third-order valence-electron chi connectivity index (χ3n) is 4.74. The highest BCUT2D eigenvalue weighted by Crippen LogP contribution is 2.35. The monoisotopic (exact) mass is 407 g/mol. The summed E-state index contributed by atoms with van der Waals surface area (Å²) in [4.78, 5) is 24.4. The van der Waals surface area contributed by atoms with Gasteiger partial charge in [-0.25, -0.2) is 0 Å². The Morgan fingerprint density at radius 3 is 2.73 bits per heavy atom. The van der Waals surface area contributed by atoms with Crippen molar-refractivity contribution in [1.29, 1.82) is 0 Å². The number of hydrogen-bond donors (Lipinski definition) is 2. The van der Waals surface area contributed by atoms with E-state index in [0.29, 0.717) is 53.2 Å². The van der Waals surface area contributed by atoms with Crippen LogP contribution in [0.5, 0.6) is 17.2 Å². The van der Waals surface area contributed by atoms with Crippen molar-refractivity contribution in [3.8, 4) is 28.6 Å². The number of aromatic nitrogens is 1. The molecule has 9 nitrogen and oxygen atoms in total. The van der Waals surface area contributed by atoms with E-state index in [1.165, 1.54) is 0 Å². The fraction of sp³-hybridized carbons (Fsp3) is 0.190. The molecule has 5 rings (SSSR count). The van der Waals surface area contributed by atoms with Crippen LogP contribution in [0.25, 0.3) is 11.3 Å². The van der Waals surface area contributed by atoms with Crippen molar-refractivity contribution >= 4 is 23.2 Å². The minimum absolute atomic E-state index is 0.117. The molecule has 3 aromatic rings. The number of hydrogen-bond acceptors (Lipinski definition) is 7. The van der Waals surface area contributed by atoms with Crippen LogP contribution in [-0.2, 0) is 4.79 Å². The molecule has 9 heteroatoms. The zero-order valence-electron chi connectivity index (χ0n) is 15.9. The molecule has 0 bridgehead atoms. The zero-order valence-corrected chi connectivity index (χ0v) is 15.9. The molecule has 0 spiro atoms. The molecule has 0 saturated carbocycles. The van der Waals surface area contributed by atoms with Gasteiger partial charge < -0.3 is 29.4 Å². The first kappa shape index (κ1) is 18.0. The first-order valence-corrected chi connectivity index (χ1v) is 9.36. The summed E-state index contributed by atoms with van der Waals surface area (Å²) in [6.07, 6.45) is -0.563. The Balaban J connectivity index is 1.33. The zero-order chi connectivity index (χ0) is 20.7. The van der Waals surface area contributed by atoms with E-state index in [0.717, 1.165) is 0 Å². The number of anilines is 2. The number of nitrogens with zero attached hydrogens (tertiary/aromatic N) is 1. The van der Waals surface area contributed by atoms with Crippen LogP contribution in [0.3, 0.4) is 0 Å². The number of nitrogens with one attached hydrogen (secondary N) is 2. The Kier molecular flexibility index (Phi) is 4.27. The van der Waals surface area contributed by atoms with Crippen molar-refractivity contribution in [3.63, 3.8) is 0 Å². The van der Waals surface area contributed by atoms with Gasteiger partial charge in [0.05, 0.1) is 5.69 Å². The van der Waals surface area contributed by atoms with Gasteiger partial charge in [0.2, 0.25) is 0 Å². The highest BCUT2D eigenvalue weighted by atomic mass is 16.6. The van der Waals surface area contributed by atoms with Crippen LogP contribution in [-0.4, -0.2) is 36.3 Å². The Morgan fingerprint density at radius 2 is 1.87 bits per heavy atom. The number of carbonyl (C=O) groups excluding carboxylic acids is 2. The summed E-state index contributed by atoms with van der Waals surface area (Å²) >= 11 is 0. The van der Waals surface area contributed by atoms with E-state index in [4.69, 9.17) is 18.7 Å². The quantitative estimate of drug-likeness (QED) is 0.686. The van der Waals surface area contributed by atoms with Gasteiger partial charge in [-0.1, -0.05) is 5.16 Å². The third kappa shape index (κ3) is 3.30. The van der Waals surface area contributed by atoms with Gasteiger partial charge in [0, 0.05) is 17.3 Å². The molecule has 30 heavy (non-hydrogen) atoms. The molecule has 1 aromatic heterocycles. The standard InChI is InChI=1S/C21H17N3O6/c1-11-20(25)23-14-9-13(3-5-16(14)29-11)22-21(26)15-10-18(30-24-15)12-2-4-17-19(8-12)28-7-6-27-17/h2-5,8-11H,6-7H2,1H3,(H,22,26)(H,23,25)/t11-/m1/s1. The van der Waals surface area contributed by atoms with Crippen molar-refractivity contribution in [1.82, 2.24) is 5.16 Å². The van der Waals surface area contributed by atoms with Crippen LogP contribution in [0.2, 0.25) is 0 Å². The maximum Gasteiger partial charge on any atom is 0.277 e. The van der Waals surface area contributed by atoms with Crippen LogP contribution < -0.4 is 24.8 Å². The van der Waals surface area contributed by atoms with Crippen LogP contribution in [0.15, 0.2) is 47.0 Å². The lowest BCUT2D eigenvalue weighted by Gasteiger charge is -2.23. The second kappa shape index (κ2) is 7.11. The molecular weight excluding hydrogens is 390 g/mol. The minimum atomic E-state index is -0.563. The molecular formula is C21H17N3O6. The lowest BCUT2D eigenvalue weighted by molar-refractivity contribution is -0.122. The molecule has 0 radical (unpaired) electrons. The maximum absolute atomic E-state index is 12.6. The molecule has 2 aliphatic heterocycles. The van der Waals surface area contributed by atoms with Gasteiger partial charge >= 0.3 is 0 Å². The van der Waals surface area contributed by atoms with Crippen LogP contribution in [0.1, 0.15) is 17.4 Å². The average molecular weight is 407 g/mol. The van der Waals surface area contributed by atoms with Gasteiger partial charge in [-0.3, -0.25) is 9.59 Å². The predicted molar refractivity (Wildman–Crippen MR) is 106 cm³/mol. The fourth-order valence-electron chi connectivity index (χ4n) is 3.20. The molecule has 2 aliphatic rings. The van der Waals surface area contributed by atoms with Crippen molar-refractivity contribution in [2.45, 2.75) is 13.0 Å². The molecule has 152 valence electrons. The van der Waals surface area contributed by atoms with Crippen molar-refractivity contribution in [2.75, 3.05) is 23.8 Å². The largest absolute Gasteiger partial charge is 0.486 e. The summed E-state index contributed by atoms with van der Waals surface area (Å²) in [5, 5.41) is 9.33. The molecule has 0 unspecified atom stereocenters. The molecule has 0 saturated heterocycles. The van der Waals surface area contributed by atoms with Crippen molar-refractivity contribution in [2.24, 2.45) is 0 Å². The Bertz CT molecular complexity index is 1160. The Labute approximate surface area is 170 Å². The first-order chi connectivity index (χ1) is 14.6. The van der Waals surface area contributed by atoms with E-state index in [2.05, 4.69) is 15.8 Å². The lowest BCUT2D eigenvalue weighted by Crippen LogP contribution is -2.34. The average Bonchev–Trinajstić information content (AvgIpc) is 3.25. The molecule has 2 amide bonds. The first-order valence-electron chi connectivity index (χ1n) is 9.36. The van der Waals surface area contributed by atoms with Crippen LogP contribution >= 0.6 is 0 Å². The smallest absolute Gasteiger partial charge is 0.277 e. The van der Waals surface area contributed by atoms with Gasteiger partial charge in [0.1, 0.15) is 19.0 Å². The van der Waals surface area contributed by atoms with E-state index in [-0.39, 0.29) is 11.6 Å². The summed E-state index contributed by atoms with van der Waals surface area (Å²) in [6.45, 7) is 2.65. The molecule has 1 atom stereocenters. The summed E-state index contributed by atoms with van der Waals surface area (Å²) in [5.74, 6) is 1.57. The Hall–Kier alpha value is -4.01. The minimum Gasteiger partial charge on any atom is -0.486 e. The van der Waals surface area contributed by atoms with Crippen molar-refractivity contribution in [3.05, 3.63) is 48.2 Å². The van der Waals surface area contributed by atoms with Crippen molar-refractivity contribution < 1.29 is 28.3 Å². The normalized spacial score (nSPS) is 16.8. The predicted octanol–water partition coefficient (Wildman–Crippen LogP) is 3.08. The summed E-state index contributed by atoms with van der Waals surface area (Å²) in [7, 11) is 0. The molecule has 0 aliphatic carbocycles. The highest BCUT2D eigenvalue weighted by molar-refractivity contribution is 6.04. The van der Waals surface area contributed by atoms with Gasteiger partial charge in [-0.05, 0) is 43.3 Å². The maximum atomic E-state index is 12.6. The summed E-state index contributed by atoms with van der Waals surface area (Å²) in [6, 6.07) is 11.9. The van der Waals surface area contributed by atoms with E-state index >= 15 is 0 Å². The number of fused-ring (bicyclic) bond motifs is 2. The lowest BCUT2D eigenvalue weighted by atomic mass is 10.1. The topological polar surface area (TPSA) is 112 Å². The van der Waals surface area contributed by atoms with Gasteiger partial charge in [0.25, 0.3) is 11.8 Å². The van der Waals surface area contributed by atoms with Gasteiger partial charge in [0.15, 0.2) is 29.1 Å². The van der Waals surface area contributed by atoms with E-state index in [9.17, 15) is 9.59 Å².